The molecule has 0 bridgehead atoms. The number of hydrogen-bond donors (Lipinski definition) is 1. The van der Waals surface area contributed by atoms with E-state index in [2.05, 4.69) is 11.2 Å². The van der Waals surface area contributed by atoms with Gasteiger partial charge in [-0.1, -0.05) is 24.3 Å². The molecular weight excluding hydrogens is 282 g/mol. The Balaban J connectivity index is 1.85. The van der Waals surface area contributed by atoms with Crippen LogP contribution in [0.5, 0.6) is 0 Å². The SMILES string of the molecule is CCn1nc(C(=O)N2CCc3ccccc3C2)cc1C(=O)O. The molecule has 0 atom stereocenters. The number of carbonyl (C=O) groups is 2. The molecule has 0 fully saturated rings. The second-order valence-electron chi connectivity index (χ2n) is 5.28. The third kappa shape index (κ3) is 2.47. The number of carboxylic acids is 1. The van der Waals surface area contributed by atoms with E-state index in [1.807, 2.05) is 18.2 Å². The summed E-state index contributed by atoms with van der Waals surface area (Å²) in [5.74, 6) is -1.29. The highest BCUT2D eigenvalue weighted by molar-refractivity contribution is 5.95. The zero-order valence-electron chi connectivity index (χ0n) is 12.3. The number of aromatic nitrogens is 2. The van der Waals surface area contributed by atoms with Crippen LogP contribution in [0.4, 0.5) is 0 Å². The lowest BCUT2D eigenvalue weighted by Gasteiger charge is -2.28. The number of fused-ring (bicyclic) bond motifs is 1. The first-order valence-electron chi connectivity index (χ1n) is 7.27. The van der Waals surface area contributed by atoms with Gasteiger partial charge in [0.2, 0.25) is 0 Å². The van der Waals surface area contributed by atoms with Crippen molar-refractivity contribution in [2.45, 2.75) is 26.4 Å². The molecule has 3 rings (SSSR count). The number of aromatic carboxylic acids is 1. The molecule has 2 aromatic rings. The van der Waals surface area contributed by atoms with Crippen molar-refractivity contribution >= 4 is 11.9 Å². The minimum atomic E-state index is -1.07. The molecule has 6 heteroatoms. The molecule has 1 aromatic heterocycles. The van der Waals surface area contributed by atoms with Gasteiger partial charge in [-0.15, -0.1) is 0 Å². The Labute approximate surface area is 128 Å². The maximum atomic E-state index is 12.6. The highest BCUT2D eigenvalue weighted by Crippen LogP contribution is 2.20. The normalized spacial score (nSPS) is 13.8. The number of benzene rings is 1. The van der Waals surface area contributed by atoms with Gasteiger partial charge in [0.15, 0.2) is 5.69 Å². The van der Waals surface area contributed by atoms with Crippen molar-refractivity contribution in [2.24, 2.45) is 0 Å². The summed E-state index contributed by atoms with van der Waals surface area (Å²) in [5.41, 5.74) is 2.63. The predicted octanol–water partition coefficient (Wildman–Crippen LogP) is 1.80. The van der Waals surface area contributed by atoms with E-state index in [-0.39, 0.29) is 17.3 Å². The summed E-state index contributed by atoms with van der Waals surface area (Å²) < 4.78 is 1.34. The number of amides is 1. The van der Waals surface area contributed by atoms with E-state index in [9.17, 15) is 9.59 Å². The van der Waals surface area contributed by atoms with E-state index in [1.54, 1.807) is 11.8 Å². The lowest BCUT2D eigenvalue weighted by molar-refractivity contribution is 0.0682. The summed E-state index contributed by atoms with van der Waals surface area (Å²) in [7, 11) is 0. The van der Waals surface area contributed by atoms with Crippen LogP contribution in [0, 0.1) is 0 Å². The maximum Gasteiger partial charge on any atom is 0.354 e. The van der Waals surface area contributed by atoms with Crippen LogP contribution in [0.1, 0.15) is 39.0 Å². The van der Waals surface area contributed by atoms with Gasteiger partial charge in [-0.3, -0.25) is 9.48 Å². The zero-order valence-corrected chi connectivity index (χ0v) is 12.3. The average molecular weight is 299 g/mol. The van der Waals surface area contributed by atoms with Gasteiger partial charge in [0.05, 0.1) is 0 Å². The third-order valence-corrected chi connectivity index (χ3v) is 3.94. The molecule has 0 unspecified atom stereocenters. The van der Waals surface area contributed by atoms with Gasteiger partial charge in [0, 0.05) is 25.7 Å². The molecule has 2 heterocycles. The van der Waals surface area contributed by atoms with Crippen LogP contribution in [0.15, 0.2) is 30.3 Å². The van der Waals surface area contributed by atoms with Crippen LogP contribution in [0.25, 0.3) is 0 Å². The van der Waals surface area contributed by atoms with Gasteiger partial charge in [-0.05, 0) is 24.5 Å². The second-order valence-corrected chi connectivity index (χ2v) is 5.28. The summed E-state index contributed by atoms with van der Waals surface area (Å²) in [4.78, 5) is 25.5. The lowest BCUT2D eigenvalue weighted by atomic mass is 10.00. The van der Waals surface area contributed by atoms with Gasteiger partial charge < -0.3 is 10.0 Å². The number of aryl methyl sites for hydroxylation is 1. The Hall–Kier alpha value is -2.63. The van der Waals surface area contributed by atoms with Gasteiger partial charge in [0.1, 0.15) is 5.69 Å². The van der Waals surface area contributed by atoms with Crippen LogP contribution in [0.3, 0.4) is 0 Å². The third-order valence-electron chi connectivity index (χ3n) is 3.94. The van der Waals surface area contributed by atoms with Crippen LogP contribution >= 0.6 is 0 Å². The number of hydrogen-bond acceptors (Lipinski definition) is 3. The van der Waals surface area contributed by atoms with Crippen LogP contribution in [-0.2, 0) is 19.5 Å². The summed E-state index contributed by atoms with van der Waals surface area (Å²) in [6.45, 7) is 3.37. The van der Waals surface area contributed by atoms with Crippen molar-refractivity contribution in [3.63, 3.8) is 0 Å². The average Bonchev–Trinajstić information content (AvgIpc) is 2.98. The second kappa shape index (κ2) is 5.63. The number of carbonyl (C=O) groups excluding carboxylic acids is 1. The Bertz CT molecular complexity index is 736. The van der Waals surface area contributed by atoms with Gasteiger partial charge >= 0.3 is 5.97 Å². The molecule has 1 aromatic carbocycles. The monoisotopic (exact) mass is 299 g/mol. The highest BCUT2D eigenvalue weighted by atomic mass is 16.4. The van der Waals surface area contributed by atoms with Crippen molar-refractivity contribution in [1.82, 2.24) is 14.7 Å². The highest BCUT2D eigenvalue weighted by Gasteiger charge is 2.25. The Morgan fingerprint density at radius 1 is 1.27 bits per heavy atom. The van der Waals surface area contributed by atoms with E-state index in [0.717, 1.165) is 12.0 Å². The number of carboxylic acid groups (broad SMARTS) is 1. The van der Waals surface area contributed by atoms with E-state index in [0.29, 0.717) is 19.6 Å². The van der Waals surface area contributed by atoms with Crippen molar-refractivity contribution in [1.29, 1.82) is 0 Å². The van der Waals surface area contributed by atoms with Gasteiger partial charge in [0.25, 0.3) is 5.91 Å². The molecular formula is C16H17N3O3. The molecule has 6 nitrogen and oxygen atoms in total. The molecule has 1 N–H and O–H groups in total. The Morgan fingerprint density at radius 2 is 2.00 bits per heavy atom. The van der Waals surface area contributed by atoms with Crippen LogP contribution in [0.2, 0.25) is 0 Å². The Kier molecular flexibility index (Phi) is 3.66. The van der Waals surface area contributed by atoms with Gasteiger partial charge in [-0.2, -0.15) is 5.10 Å². The van der Waals surface area contributed by atoms with Crippen LogP contribution in [-0.4, -0.2) is 38.2 Å². The fraction of sp³-hybridized carbons (Fsp3) is 0.312. The first-order valence-corrected chi connectivity index (χ1v) is 7.27. The molecule has 1 amide bonds. The van der Waals surface area contributed by atoms with Crippen LogP contribution < -0.4 is 0 Å². The fourth-order valence-corrected chi connectivity index (χ4v) is 2.77. The molecule has 0 spiro atoms. The number of rotatable bonds is 3. The van der Waals surface area contributed by atoms with Crippen molar-refractivity contribution in [2.75, 3.05) is 6.54 Å². The molecule has 0 radical (unpaired) electrons. The van der Waals surface area contributed by atoms with Gasteiger partial charge in [-0.25, -0.2) is 4.79 Å². The molecule has 22 heavy (non-hydrogen) atoms. The first-order chi connectivity index (χ1) is 10.6. The molecule has 0 saturated carbocycles. The predicted molar refractivity (Wildman–Crippen MR) is 79.7 cm³/mol. The summed E-state index contributed by atoms with van der Waals surface area (Å²) >= 11 is 0. The topological polar surface area (TPSA) is 75.4 Å². The van der Waals surface area contributed by atoms with E-state index < -0.39 is 5.97 Å². The zero-order chi connectivity index (χ0) is 15.7. The fourth-order valence-electron chi connectivity index (χ4n) is 2.77. The number of nitrogens with zero attached hydrogens (tertiary/aromatic N) is 3. The minimum Gasteiger partial charge on any atom is -0.477 e. The summed E-state index contributed by atoms with van der Waals surface area (Å²) in [5, 5.41) is 13.3. The van der Waals surface area contributed by atoms with Crippen molar-refractivity contribution in [3.05, 3.63) is 52.8 Å². The quantitative estimate of drug-likeness (QED) is 0.937. The molecule has 114 valence electrons. The molecule has 0 saturated heterocycles. The van der Waals surface area contributed by atoms with E-state index in [1.165, 1.54) is 16.3 Å². The summed E-state index contributed by atoms with van der Waals surface area (Å²) in [6.07, 6.45) is 0.808. The lowest BCUT2D eigenvalue weighted by Crippen LogP contribution is -2.36. The minimum absolute atomic E-state index is 0.0447. The van der Waals surface area contributed by atoms with Crippen molar-refractivity contribution in [3.8, 4) is 0 Å². The first kappa shape index (κ1) is 14.3. The smallest absolute Gasteiger partial charge is 0.354 e. The maximum absolute atomic E-state index is 12.6. The molecule has 0 aliphatic carbocycles. The van der Waals surface area contributed by atoms with E-state index in [4.69, 9.17) is 5.11 Å². The van der Waals surface area contributed by atoms with E-state index >= 15 is 0 Å². The Morgan fingerprint density at radius 3 is 2.64 bits per heavy atom. The summed E-state index contributed by atoms with van der Waals surface area (Å²) in [6, 6.07) is 9.40. The molecule has 1 aliphatic rings. The standard InChI is InChI=1S/C16H17N3O3/c1-2-19-14(16(21)22)9-13(17-19)15(20)18-8-7-11-5-3-4-6-12(11)10-18/h3-6,9H,2,7-8,10H2,1H3,(H,21,22). The van der Waals surface area contributed by atoms with Crippen molar-refractivity contribution < 1.29 is 14.7 Å². The molecule has 1 aliphatic heterocycles. The largest absolute Gasteiger partial charge is 0.477 e.